The van der Waals surface area contributed by atoms with E-state index in [-0.39, 0.29) is 11.8 Å². The molecule has 2 aromatic carbocycles. The Balaban J connectivity index is 1.62. The molecule has 2 amide bonds. The zero-order valence-corrected chi connectivity index (χ0v) is 17.5. The van der Waals surface area contributed by atoms with Gasteiger partial charge < -0.3 is 9.64 Å². The maximum Gasteiger partial charge on any atom is 0.325 e. The van der Waals surface area contributed by atoms with Crippen LogP contribution in [-0.4, -0.2) is 43.2 Å². The number of carbonyl (C=O) groups is 1. The molecular weight excluding hydrogens is 405 g/mol. The summed E-state index contributed by atoms with van der Waals surface area (Å²) in [5.74, 6) is 0.698. The zero-order valence-electron chi connectivity index (χ0n) is 16.7. The van der Waals surface area contributed by atoms with Crippen molar-refractivity contribution >= 4 is 23.4 Å². The van der Waals surface area contributed by atoms with Gasteiger partial charge in [0.25, 0.3) is 0 Å². The highest BCUT2D eigenvalue weighted by molar-refractivity contribution is 6.30. The molecule has 0 spiro atoms. The summed E-state index contributed by atoms with van der Waals surface area (Å²) in [4.78, 5) is 19.8. The van der Waals surface area contributed by atoms with Gasteiger partial charge in [0.1, 0.15) is 17.4 Å². The highest BCUT2D eigenvalue weighted by Gasteiger charge is 2.27. The lowest BCUT2D eigenvalue weighted by atomic mass is 9.97. The summed E-state index contributed by atoms with van der Waals surface area (Å²) in [5.41, 5.74) is 2.41. The number of anilines is 1. The van der Waals surface area contributed by atoms with Crippen LogP contribution in [0.2, 0.25) is 5.02 Å². The maximum absolute atomic E-state index is 15.4. The van der Waals surface area contributed by atoms with Crippen LogP contribution in [0.1, 0.15) is 11.1 Å². The van der Waals surface area contributed by atoms with Gasteiger partial charge in [0.05, 0.1) is 12.7 Å². The fourth-order valence-electron chi connectivity index (χ4n) is 3.58. The summed E-state index contributed by atoms with van der Waals surface area (Å²) < 4.78 is 20.8. The first-order chi connectivity index (χ1) is 14.5. The Morgan fingerprint density at radius 3 is 2.63 bits per heavy atom. The Bertz CT molecular complexity index is 1090. The standard InChI is InChI=1S/C23H21ClFN3O2/c1-27-10-11-28(23(27)29)20-9-6-15(14-26-20)12-17-7-8-19(30-2)21(22(17)25)16-4-3-5-18(24)13-16/h3-9,13-14H,10-12H2,1-2H3. The molecule has 4 rings (SSSR count). The molecule has 2 heterocycles. The molecule has 0 N–H and O–H groups in total. The van der Waals surface area contributed by atoms with Gasteiger partial charge in [0.2, 0.25) is 0 Å². The van der Waals surface area contributed by atoms with E-state index in [0.717, 1.165) is 5.56 Å². The van der Waals surface area contributed by atoms with Gasteiger partial charge in [-0.05, 0) is 41.0 Å². The second-order valence-electron chi connectivity index (χ2n) is 7.18. The summed E-state index contributed by atoms with van der Waals surface area (Å²) >= 11 is 6.10. The average molecular weight is 426 g/mol. The number of benzene rings is 2. The SMILES string of the molecule is COc1ccc(Cc2ccc(N3CCN(C)C3=O)nc2)c(F)c1-c1cccc(Cl)c1. The van der Waals surface area contributed by atoms with Gasteiger partial charge in [-0.2, -0.15) is 0 Å². The number of halogens is 2. The Morgan fingerprint density at radius 1 is 1.17 bits per heavy atom. The molecule has 1 aromatic heterocycles. The third-order valence-corrected chi connectivity index (χ3v) is 5.45. The number of methoxy groups -OCH3 is 1. The molecule has 5 nitrogen and oxygen atoms in total. The monoisotopic (exact) mass is 425 g/mol. The molecule has 0 atom stereocenters. The number of hydrogen-bond acceptors (Lipinski definition) is 3. The van der Waals surface area contributed by atoms with Crippen LogP contribution in [0, 0.1) is 5.82 Å². The minimum atomic E-state index is -0.350. The molecule has 1 fully saturated rings. The lowest BCUT2D eigenvalue weighted by Gasteiger charge is -2.16. The molecular formula is C23H21ClFN3O2. The Hall–Kier alpha value is -3.12. The molecule has 30 heavy (non-hydrogen) atoms. The topological polar surface area (TPSA) is 45.7 Å². The van der Waals surface area contributed by atoms with Crippen molar-refractivity contribution in [3.8, 4) is 16.9 Å². The summed E-state index contributed by atoms with van der Waals surface area (Å²) in [6, 6.07) is 14.1. The minimum Gasteiger partial charge on any atom is -0.496 e. The van der Waals surface area contributed by atoms with E-state index in [1.165, 1.54) is 7.11 Å². The van der Waals surface area contributed by atoms with Crippen molar-refractivity contribution in [3.05, 3.63) is 76.7 Å². The van der Waals surface area contributed by atoms with Gasteiger partial charge in [-0.3, -0.25) is 4.90 Å². The minimum absolute atomic E-state index is 0.0670. The largest absolute Gasteiger partial charge is 0.496 e. The van der Waals surface area contributed by atoms with Crippen LogP contribution in [0.25, 0.3) is 11.1 Å². The Labute approximate surface area is 179 Å². The fourth-order valence-corrected chi connectivity index (χ4v) is 3.77. The predicted molar refractivity (Wildman–Crippen MR) is 116 cm³/mol. The van der Waals surface area contributed by atoms with Crippen molar-refractivity contribution in [2.45, 2.75) is 6.42 Å². The van der Waals surface area contributed by atoms with Gasteiger partial charge in [-0.25, -0.2) is 14.2 Å². The molecule has 0 aliphatic carbocycles. The van der Waals surface area contributed by atoms with Gasteiger partial charge in [0, 0.05) is 37.8 Å². The van der Waals surface area contributed by atoms with E-state index in [1.807, 2.05) is 6.07 Å². The fraction of sp³-hybridized carbons (Fsp3) is 0.217. The molecule has 0 radical (unpaired) electrons. The average Bonchev–Trinajstić information content (AvgIpc) is 3.08. The normalized spacial score (nSPS) is 13.8. The molecule has 1 aliphatic heterocycles. The van der Waals surface area contributed by atoms with Gasteiger partial charge >= 0.3 is 6.03 Å². The smallest absolute Gasteiger partial charge is 0.325 e. The molecule has 1 aliphatic rings. The predicted octanol–water partition coefficient (Wildman–Crippen LogP) is 5.01. The highest BCUT2D eigenvalue weighted by Crippen LogP contribution is 2.36. The number of carbonyl (C=O) groups excluding carboxylic acids is 1. The number of ether oxygens (including phenoxy) is 1. The number of likely N-dealkylation sites (N-methyl/N-ethyl adjacent to an activating group) is 1. The van der Waals surface area contributed by atoms with Crippen LogP contribution < -0.4 is 9.64 Å². The van der Waals surface area contributed by atoms with E-state index in [9.17, 15) is 4.79 Å². The summed E-state index contributed by atoms with van der Waals surface area (Å²) in [6.45, 7) is 1.28. The third-order valence-electron chi connectivity index (χ3n) is 5.21. The van der Waals surface area contributed by atoms with Crippen molar-refractivity contribution in [1.82, 2.24) is 9.88 Å². The lowest BCUT2D eigenvalue weighted by molar-refractivity contribution is 0.229. The molecule has 0 unspecified atom stereocenters. The lowest BCUT2D eigenvalue weighted by Crippen LogP contribution is -2.29. The second kappa shape index (κ2) is 8.32. The van der Waals surface area contributed by atoms with Crippen LogP contribution in [0.5, 0.6) is 5.75 Å². The van der Waals surface area contributed by atoms with E-state index in [0.29, 0.717) is 52.8 Å². The first-order valence-corrected chi connectivity index (χ1v) is 9.94. The van der Waals surface area contributed by atoms with Crippen molar-refractivity contribution in [2.24, 2.45) is 0 Å². The summed E-state index contributed by atoms with van der Waals surface area (Å²) in [7, 11) is 3.28. The molecule has 7 heteroatoms. The van der Waals surface area contributed by atoms with Crippen LogP contribution in [0.4, 0.5) is 15.0 Å². The van der Waals surface area contributed by atoms with E-state index in [4.69, 9.17) is 16.3 Å². The molecule has 0 saturated carbocycles. The molecule has 1 saturated heterocycles. The number of rotatable bonds is 5. The third kappa shape index (κ3) is 3.83. The quantitative estimate of drug-likeness (QED) is 0.577. The van der Waals surface area contributed by atoms with E-state index < -0.39 is 0 Å². The molecule has 0 bridgehead atoms. The van der Waals surface area contributed by atoms with Gasteiger partial charge in [-0.1, -0.05) is 35.9 Å². The molecule has 3 aromatic rings. The van der Waals surface area contributed by atoms with Crippen molar-refractivity contribution in [1.29, 1.82) is 0 Å². The van der Waals surface area contributed by atoms with Gasteiger partial charge in [0.15, 0.2) is 0 Å². The summed E-state index contributed by atoms with van der Waals surface area (Å²) in [6.07, 6.45) is 2.05. The van der Waals surface area contributed by atoms with E-state index in [1.54, 1.807) is 65.5 Å². The first-order valence-electron chi connectivity index (χ1n) is 9.57. The number of hydrogen-bond donors (Lipinski definition) is 0. The van der Waals surface area contributed by atoms with Crippen molar-refractivity contribution in [3.63, 3.8) is 0 Å². The highest BCUT2D eigenvalue weighted by atomic mass is 35.5. The van der Waals surface area contributed by atoms with Crippen LogP contribution in [0.15, 0.2) is 54.7 Å². The zero-order chi connectivity index (χ0) is 21.3. The van der Waals surface area contributed by atoms with E-state index >= 15 is 4.39 Å². The van der Waals surface area contributed by atoms with Gasteiger partial charge in [-0.15, -0.1) is 0 Å². The number of pyridine rings is 1. The van der Waals surface area contributed by atoms with Crippen LogP contribution in [-0.2, 0) is 6.42 Å². The second-order valence-corrected chi connectivity index (χ2v) is 7.62. The number of nitrogens with zero attached hydrogens (tertiary/aromatic N) is 3. The first kappa shape index (κ1) is 20.2. The summed E-state index contributed by atoms with van der Waals surface area (Å²) in [5, 5.41) is 0.529. The van der Waals surface area contributed by atoms with Crippen LogP contribution in [0.3, 0.4) is 0 Å². The van der Waals surface area contributed by atoms with Crippen molar-refractivity contribution in [2.75, 3.05) is 32.1 Å². The number of aromatic nitrogens is 1. The number of amides is 2. The number of urea groups is 1. The Kier molecular flexibility index (Phi) is 5.59. The van der Waals surface area contributed by atoms with E-state index in [2.05, 4.69) is 4.98 Å². The Morgan fingerprint density at radius 2 is 2.00 bits per heavy atom. The maximum atomic E-state index is 15.4. The van der Waals surface area contributed by atoms with Crippen molar-refractivity contribution < 1.29 is 13.9 Å². The molecule has 154 valence electrons. The van der Waals surface area contributed by atoms with Crippen LogP contribution >= 0.6 is 11.6 Å².